The normalized spacial score (nSPS) is 12.0. The van der Waals surface area contributed by atoms with Gasteiger partial charge in [-0.15, -0.1) is 0 Å². The summed E-state index contributed by atoms with van der Waals surface area (Å²) in [6, 6.07) is 20.4. The maximum absolute atomic E-state index is 5.72. The third-order valence-electron chi connectivity index (χ3n) is 3.08. The summed E-state index contributed by atoms with van der Waals surface area (Å²) < 4.78 is 10.2. The number of hydrogen-bond donors (Lipinski definition) is 0. The van der Waals surface area contributed by atoms with E-state index in [0.29, 0.717) is 6.61 Å². The minimum absolute atomic E-state index is 0.701. The van der Waals surface area contributed by atoms with Gasteiger partial charge in [-0.25, -0.2) is 0 Å². The van der Waals surface area contributed by atoms with Gasteiger partial charge in [0.1, 0.15) is 12.4 Å². The van der Waals surface area contributed by atoms with Gasteiger partial charge in [0.05, 0.1) is 19.8 Å². The Morgan fingerprint density at radius 3 is 2.05 bits per heavy atom. The molecule has 21 heavy (non-hydrogen) atoms. The van der Waals surface area contributed by atoms with E-state index in [2.05, 4.69) is 40.8 Å². The molecule has 0 bridgehead atoms. The van der Waals surface area contributed by atoms with E-state index in [-0.39, 0.29) is 0 Å². The van der Waals surface area contributed by atoms with Crippen LogP contribution in [0, 0.1) is 0 Å². The first-order valence-corrected chi connectivity index (χ1v) is 7.45. The Hall–Kier alpha value is -2.00. The fourth-order valence-electron chi connectivity index (χ4n) is 1.90. The number of benzene rings is 2. The molecule has 0 N–H and O–H groups in total. The molecule has 0 aliphatic carbocycles. The van der Waals surface area contributed by atoms with Crippen molar-refractivity contribution in [3.8, 4) is 5.75 Å². The molecule has 0 saturated carbocycles. The molecule has 0 amide bonds. The Kier molecular flexibility index (Phi) is 6.62. The van der Waals surface area contributed by atoms with E-state index in [1.807, 2.05) is 36.4 Å². The number of rotatable bonds is 6. The van der Waals surface area contributed by atoms with Crippen LogP contribution in [0.1, 0.15) is 6.92 Å². The van der Waals surface area contributed by atoms with E-state index < -0.39 is 0 Å². The number of likely N-dealkylation sites (N-methyl/N-ethyl adjacent to an activating group) is 1. The smallest absolute Gasteiger partial charge is 0.119 e. The van der Waals surface area contributed by atoms with Crippen LogP contribution in [0.5, 0.6) is 5.75 Å². The second-order valence-corrected chi connectivity index (χ2v) is 4.69. The molecule has 112 valence electrons. The van der Waals surface area contributed by atoms with Crippen LogP contribution in [0.15, 0.2) is 60.7 Å². The highest BCUT2D eigenvalue weighted by Gasteiger charge is 2.03. The van der Waals surface area contributed by atoms with Crippen LogP contribution in [0.4, 0.5) is 5.69 Å². The summed E-state index contributed by atoms with van der Waals surface area (Å²) in [5.74, 6) is 0.932. The maximum Gasteiger partial charge on any atom is 0.119 e. The van der Waals surface area contributed by atoms with Crippen molar-refractivity contribution in [2.75, 3.05) is 37.8 Å². The Morgan fingerprint density at radius 2 is 1.52 bits per heavy atom. The first-order chi connectivity index (χ1) is 10.4. The predicted molar refractivity (Wildman–Crippen MR) is 87.1 cm³/mol. The average Bonchev–Trinajstić information content (AvgIpc) is 3.42. The van der Waals surface area contributed by atoms with Gasteiger partial charge in [-0.2, -0.15) is 0 Å². The SMILES string of the molecule is C1CO1.CCN(CCOc1ccccc1)c1ccccc1. The Balaban J connectivity index is 0.000000477. The topological polar surface area (TPSA) is 25.0 Å². The van der Waals surface area contributed by atoms with Crippen molar-refractivity contribution in [2.24, 2.45) is 0 Å². The monoisotopic (exact) mass is 285 g/mol. The van der Waals surface area contributed by atoms with Crippen molar-refractivity contribution in [1.29, 1.82) is 0 Å². The van der Waals surface area contributed by atoms with E-state index in [9.17, 15) is 0 Å². The molecule has 3 heteroatoms. The summed E-state index contributed by atoms with van der Waals surface area (Å²) in [5.41, 5.74) is 1.25. The lowest BCUT2D eigenvalue weighted by Gasteiger charge is -2.23. The van der Waals surface area contributed by atoms with Gasteiger partial charge >= 0.3 is 0 Å². The van der Waals surface area contributed by atoms with Crippen molar-refractivity contribution >= 4 is 5.69 Å². The van der Waals surface area contributed by atoms with Gasteiger partial charge in [-0.1, -0.05) is 36.4 Å². The fraction of sp³-hybridized carbons (Fsp3) is 0.333. The maximum atomic E-state index is 5.72. The first-order valence-electron chi connectivity index (χ1n) is 7.45. The first kappa shape index (κ1) is 15.4. The number of epoxide rings is 1. The third kappa shape index (κ3) is 6.32. The van der Waals surface area contributed by atoms with Crippen LogP contribution >= 0.6 is 0 Å². The highest BCUT2D eigenvalue weighted by atomic mass is 16.6. The molecular formula is C18H23NO2. The van der Waals surface area contributed by atoms with E-state index in [0.717, 1.165) is 32.1 Å². The van der Waals surface area contributed by atoms with Gasteiger partial charge < -0.3 is 14.4 Å². The summed E-state index contributed by atoms with van der Waals surface area (Å²) in [7, 11) is 0. The summed E-state index contributed by atoms with van der Waals surface area (Å²) in [6.07, 6.45) is 0. The minimum atomic E-state index is 0.701. The van der Waals surface area contributed by atoms with Crippen LogP contribution < -0.4 is 9.64 Å². The Morgan fingerprint density at radius 1 is 0.952 bits per heavy atom. The van der Waals surface area contributed by atoms with E-state index in [1.165, 1.54) is 5.69 Å². The van der Waals surface area contributed by atoms with E-state index in [1.54, 1.807) is 0 Å². The largest absolute Gasteiger partial charge is 0.492 e. The summed E-state index contributed by atoms with van der Waals surface area (Å²) >= 11 is 0. The summed E-state index contributed by atoms with van der Waals surface area (Å²) in [6.45, 7) is 6.75. The van der Waals surface area contributed by atoms with Crippen molar-refractivity contribution in [1.82, 2.24) is 0 Å². The molecule has 2 aromatic rings. The van der Waals surface area contributed by atoms with Crippen molar-refractivity contribution in [3.05, 3.63) is 60.7 Å². The zero-order valence-electron chi connectivity index (χ0n) is 12.6. The second-order valence-electron chi connectivity index (χ2n) is 4.69. The molecule has 2 aromatic carbocycles. The van der Waals surface area contributed by atoms with Crippen molar-refractivity contribution < 1.29 is 9.47 Å². The standard InChI is InChI=1S/C16H19NO.C2H4O/c1-2-17(15-9-5-3-6-10-15)13-14-18-16-11-7-4-8-12-16;1-2-3-1/h3-12H,2,13-14H2,1H3;1-2H2. The van der Waals surface area contributed by atoms with Crippen molar-refractivity contribution in [3.63, 3.8) is 0 Å². The molecule has 1 fully saturated rings. The molecule has 0 spiro atoms. The molecule has 0 radical (unpaired) electrons. The molecule has 0 aromatic heterocycles. The van der Waals surface area contributed by atoms with Gasteiger partial charge in [0.25, 0.3) is 0 Å². The zero-order valence-corrected chi connectivity index (χ0v) is 12.6. The van der Waals surface area contributed by atoms with Crippen LogP contribution in [0.3, 0.4) is 0 Å². The number of nitrogens with zero attached hydrogens (tertiary/aromatic N) is 1. The molecule has 1 aliphatic heterocycles. The van der Waals surface area contributed by atoms with Gasteiger partial charge in [-0.05, 0) is 31.2 Å². The molecular weight excluding hydrogens is 262 g/mol. The van der Waals surface area contributed by atoms with Gasteiger partial charge in [-0.3, -0.25) is 0 Å². The van der Waals surface area contributed by atoms with Crippen LogP contribution in [0.25, 0.3) is 0 Å². The molecule has 1 aliphatic rings. The lowest BCUT2D eigenvalue weighted by atomic mass is 10.3. The number of ether oxygens (including phenoxy) is 2. The highest BCUT2D eigenvalue weighted by Crippen LogP contribution is 2.13. The molecule has 0 unspecified atom stereocenters. The van der Waals surface area contributed by atoms with Gasteiger partial charge in [0.15, 0.2) is 0 Å². The number of anilines is 1. The molecule has 3 nitrogen and oxygen atoms in total. The lowest BCUT2D eigenvalue weighted by molar-refractivity contribution is 0.324. The third-order valence-corrected chi connectivity index (χ3v) is 3.08. The van der Waals surface area contributed by atoms with Crippen LogP contribution in [-0.4, -0.2) is 32.9 Å². The van der Waals surface area contributed by atoms with Gasteiger partial charge in [0, 0.05) is 12.2 Å². The number of hydrogen-bond acceptors (Lipinski definition) is 3. The second kappa shape index (κ2) is 9.03. The zero-order chi connectivity index (χ0) is 14.8. The Bertz CT molecular complexity index is 482. The van der Waals surface area contributed by atoms with Crippen LogP contribution in [0.2, 0.25) is 0 Å². The van der Waals surface area contributed by atoms with E-state index in [4.69, 9.17) is 4.74 Å². The quantitative estimate of drug-likeness (QED) is 0.758. The fourth-order valence-corrected chi connectivity index (χ4v) is 1.90. The molecule has 1 saturated heterocycles. The minimum Gasteiger partial charge on any atom is -0.492 e. The van der Waals surface area contributed by atoms with Crippen molar-refractivity contribution in [2.45, 2.75) is 6.92 Å². The highest BCUT2D eigenvalue weighted by molar-refractivity contribution is 5.45. The van der Waals surface area contributed by atoms with Gasteiger partial charge in [0.2, 0.25) is 0 Å². The van der Waals surface area contributed by atoms with Crippen LogP contribution in [-0.2, 0) is 4.74 Å². The average molecular weight is 285 g/mol. The lowest BCUT2D eigenvalue weighted by Crippen LogP contribution is -2.27. The predicted octanol–water partition coefficient (Wildman–Crippen LogP) is 3.61. The van der Waals surface area contributed by atoms with E-state index >= 15 is 0 Å². The number of para-hydroxylation sites is 2. The summed E-state index contributed by atoms with van der Waals surface area (Å²) in [4.78, 5) is 2.31. The molecule has 1 heterocycles. The molecule has 0 atom stereocenters. The summed E-state index contributed by atoms with van der Waals surface area (Å²) in [5, 5.41) is 0. The molecule has 3 rings (SSSR count). The Labute approximate surface area is 127 Å².